The Morgan fingerprint density at radius 1 is 1.11 bits per heavy atom. The molecule has 2 amide bonds. The van der Waals surface area contributed by atoms with Crippen LogP contribution in [-0.2, 0) is 4.79 Å². The fourth-order valence-corrected chi connectivity index (χ4v) is 2.93. The zero-order chi connectivity index (χ0) is 19.2. The van der Waals surface area contributed by atoms with Gasteiger partial charge in [0.25, 0.3) is 5.91 Å². The van der Waals surface area contributed by atoms with Crippen LogP contribution >= 0.6 is 0 Å². The first-order chi connectivity index (χ1) is 13.0. The summed E-state index contributed by atoms with van der Waals surface area (Å²) in [6.07, 6.45) is -0.863. The highest BCUT2D eigenvalue weighted by Crippen LogP contribution is 2.12. The van der Waals surface area contributed by atoms with Gasteiger partial charge in [-0.3, -0.25) is 9.59 Å². The van der Waals surface area contributed by atoms with Crippen LogP contribution in [0.2, 0.25) is 0 Å². The molecule has 0 saturated carbocycles. The Labute approximate surface area is 156 Å². The van der Waals surface area contributed by atoms with Crippen molar-refractivity contribution >= 4 is 11.8 Å². The largest absolute Gasteiger partial charge is 0.492 e. The van der Waals surface area contributed by atoms with Crippen molar-refractivity contribution in [1.82, 2.24) is 9.80 Å². The van der Waals surface area contributed by atoms with Crippen LogP contribution in [0.4, 0.5) is 4.39 Å². The van der Waals surface area contributed by atoms with E-state index in [9.17, 15) is 19.1 Å². The quantitative estimate of drug-likeness (QED) is 0.865. The molecule has 6 nitrogen and oxygen atoms in total. The Morgan fingerprint density at radius 2 is 1.81 bits per heavy atom. The molecule has 0 radical (unpaired) electrons. The number of hydrogen-bond acceptors (Lipinski definition) is 4. The van der Waals surface area contributed by atoms with Crippen LogP contribution in [0.1, 0.15) is 10.4 Å². The number of ether oxygens (including phenoxy) is 1. The van der Waals surface area contributed by atoms with Crippen molar-refractivity contribution < 1.29 is 23.8 Å². The summed E-state index contributed by atoms with van der Waals surface area (Å²) in [5, 5.41) is 10.2. The molecule has 0 bridgehead atoms. The van der Waals surface area contributed by atoms with Crippen molar-refractivity contribution in [3.63, 3.8) is 0 Å². The molecular formula is C20H21FN2O4. The molecule has 3 rings (SSSR count). The van der Waals surface area contributed by atoms with Gasteiger partial charge in [0.2, 0.25) is 5.91 Å². The maximum atomic E-state index is 13.0. The molecule has 1 atom stereocenters. The molecule has 7 heteroatoms. The second kappa shape index (κ2) is 8.64. The van der Waals surface area contributed by atoms with Crippen LogP contribution in [0.15, 0.2) is 54.6 Å². The Morgan fingerprint density at radius 3 is 2.52 bits per heavy atom. The summed E-state index contributed by atoms with van der Waals surface area (Å²) >= 11 is 0. The van der Waals surface area contributed by atoms with Gasteiger partial charge in [0, 0.05) is 18.7 Å². The van der Waals surface area contributed by atoms with E-state index in [0.29, 0.717) is 12.3 Å². The molecule has 0 aromatic heterocycles. The van der Waals surface area contributed by atoms with Crippen LogP contribution < -0.4 is 4.74 Å². The minimum atomic E-state index is -0.863. The van der Waals surface area contributed by atoms with Crippen LogP contribution in [0, 0.1) is 5.82 Å². The van der Waals surface area contributed by atoms with Crippen molar-refractivity contribution in [1.29, 1.82) is 0 Å². The lowest BCUT2D eigenvalue weighted by Crippen LogP contribution is -2.40. The van der Waals surface area contributed by atoms with Gasteiger partial charge in [-0.2, -0.15) is 0 Å². The van der Waals surface area contributed by atoms with Crippen molar-refractivity contribution in [2.45, 2.75) is 6.10 Å². The summed E-state index contributed by atoms with van der Waals surface area (Å²) in [6, 6.07) is 14.4. The molecule has 142 valence electrons. The third-order valence-electron chi connectivity index (χ3n) is 4.29. The number of β-amino-alcohol motifs (C(OH)–C–C–N with tert-alkyl or cyclic N) is 1. The lowest BCUT2D eigenvalue weighted by atomic mass is 10.2. The first-order valence-electron chi connectivity index (χ1n) is 8.71. The first-order valence-corrected chi connectivity index (χ1v) is 8.71. The fourth-order valence-electron chi connectivity index (χ4n) is 2.93. The van der Waals surface area contributed by atoms with Crippen LogP contribution in [0.3, 0.4) is 0 Å². The van der Waals surface area contributed by atoms with Gasteiger partial charge in [-0.15, -0.1) is 0 Å². The summed E-state index contributed by atoms with van der Waals surface area (Å²) in [6.45, 7) is 0.624. The molecule has 2 aromatic rings. The number of amides is 2. The molecule has 0 spiro atoms. The van der Waals surface area contributed by atoms with Crippen LogP contribution in [-0.4, -0.2) is 65.6 Å². The molecule has 2 aromatic carbocycles. The van der Waals surface area contributed by atoms with Crippen LogP contribution in [0.25, 0.3) is 0 Å². The number of aliphatic hydroxyl groups is 1. The third-order valence-corrected chi connectivity index (χ3v) is 4.29. The Kier molecular flexibility index (Phi) is 6.03. The molecule has 1 N–H and O–H groups in total. The van der Waals surface area contributed by atoms with Gasteiger partial charge in [0.15, 0.2) is 0 Å². The van der Waals surface area contributed by atoms with E-state index in [0.717, 1.165) is 0 Å². The van der Waals surface area contributed by atoms with E-state index < -0.39 is 17.8 Å². The normalized spacial score (nSPS) is 17.6. The van der Waals surface area contributed by atoms with Crippen molar-refractivity contribution in [3.05, 3.63) is 66.0 Å². The zero-order valence-electron chi connectivity index (χ0n) is 14.8. The molecule has 0 aliphatic carbocycles. The fraction of sp³-hybridized carbons (Fsp3) is 0.300. The number of aliphatic hydroxyl groups excluding tert-OH is 1. The van der Waals surface area contributed by atoms with Gasteiger partial charge in [-0.1, -0.05) is 18.2 Å². The maximum absolute atomic E-state index is 13.0. The molecule has 1 aliphatic heterocycles. The van der Waals surface area contributed by atoms with Crippen molar-refractivity contribution in [2.24, 2.45) is 0 Å². The molecule has 27 heavy (non-hydrogen) atoms. The highest BCUT2D eigenvalue weighted by atomic mass is 19.1. The lowest BCUT2D eigenvalue weighted by Gasteiger charge is -2.22. The van der Waals surface area contributed by atoms with Crippen molar-refractivity contribution in [2.75, 3.05) is 32.8 Å². The van der Waals surface area contributed by atoms with E-state index in [-0.39, 0.29) is 37.7 Å². The second-order valence-electron chi connectivity index (χ2n) is 6.35. The van der Waals surface area contributed by atoms with Gasteiger partial charge in [0.05, 0.1) is 12.6 Å². The predicted octanol–water partition coefficient (Wildman–Crippen LogP) is 1.55. The topological polar surface area (TPSA) is 70.1 Å². The molecule has 1 aliphatic rings. The number of nitrogens with zero attached hydrogens (tertiary/aromatic N) is 2. The summed E-state index contributed by atoms with van der Waals surface area (Å²) < 4.78 is 18.6. The number of hydrogen-bond donors (Lipinski definition) is 1. The van der Waals surface area contributed by atoms with E-state index in [2.05, 4.69) is 0 Å². The van der Waals surface area contributed by atoms with Crippen molar-refractivity contribution in [3.8, 4) is 5.75 Å². The average Bonchev–Trinajstić information content (AvgIpc) is 2.81. The summed E-state index contributed by atoms with van der Waals surface area (Å²) in [4.78, 5) is 27.8. The number of halogens is 1. The number of rotatable bonds is 5. The Bertz CT molecular complexity index is 782. The predicted molar refractivity (Wildman–Crippen MR) is 96.8 cm³/mol. The molecular weight excluding hydrogens is 351 g/mol. The van der Waals surface area contributed by atoms with Gasteiger partial charge in [-0.05, 0) is 36.4 Å². The number of benzene rings is 2. The van der Waals surface area contributed by atoms with Gasteiger partial charge < -0.3 is 19.6 Å². The molecule has 1 unspecified atom stereocenters. The average molecular weight is 372 g/mol. The summed E-state index contributed by atoms with van der Waals surface area (Å²) in [5.74, 6) is -0.417. The standard InChI is InChI=1S/C20H21FN2O4/c21-16-8-6-15(7-9-16)20(26)23-13-17(24)12-22(19(25)14-23)10-11-27-18-4-2-1-3-5-18/h1-9,17,24H,10-14H2. The van der Waals surface area contributed by atoms with E-state index >= 15 is 0 Å². The van der Waals surface area contributed by atoms with E-state index in [1.807, 2.05) is 30.3 Å². The minimum Gasteiger partial charge on any atom is -0.492 e. The van der Waals surface area contributed by atoms with E-state index in [4.69, 9.17) is 4.74 Å². The summed E-state index contributed by atoms with van der Waals surface area (Å²) in [7, 11) is 0. The maximum Gasteiger partial charge on any atom is 0.254 e. The lowest BCUT2D eigenvalue weighted by molar-refractivity contribution is -0.131. The molecule has 1 saturated heterocycles. The SMILES string of the molecule is O=C1CN(C(=O)c2ccc(F)cc2)CC(O)CN1CCOc1ccccc1. The second-order valence-corrected chi connectivity index (χ2v) is 6.35. The first kappa shape index (κ1) is 18.8. The highest BCUT2D eigenvalue weighted by molar-refractivity contribution is 5.96. The van der Waals surface area contributed by atoms with Crippen LogP contribution in [0.5, 0.6) is 5.75 Å². The van der Waals surface area contributed by atoms with Gasteiger partial charge >= 0.3 is 0 Å². The number of para-hydroxylation sites is 1. The Hall–Kier alpha value is -2.93. The smallest absolute Gasteiger partial charge is 0.254 e. The Balaban J connectivity index is 1.59. The third kappa shape index (κ3) is 5.04. The minimum absolute atomic E-state index is 0.0397. The molecule has 1 heterocycles. The van der Waals surface area contributed by atoms with Gasteiger partial charge in [-0.25, -0.2) is 4.39 Å². The molecule has 1 fully saturated rings. The highest BCUT2D eigenvalue weighted by Gasteiger charge is 2.29. The number of carbonyl (C=O) groups excluding carboxylic acids is 2. The monoisotopic (exact) mass is 372 g/mol. The van der Waals surface area contributed by atoms with Gasteiger partial charge in [0.1, 0.15) is 24.7 Å². The summed E-state index contributed by atoms with van der Waals surface area (Å²) in [5.41, 5.74) is 0.275. The van der Waals surface area contributed by atoms with E-state index in [1.165, 1.54) is 34.1 Å². The zero-order valence-corrected chi connectivity index (χ0v) is 14.8. The number of carbonyl (C=O) groups is 2. The van der Waals surface area contributed by atoms with E-state index in [1.54, 1.807) is 0 Å².